The van der Waals surface area contributed by atoms with Crippen LogP contribution in [0.5, 0.6) is 11.5 Å². The van der Waals surface area contributed by atoms with Gasteiger partial charge in [0, 0.05) is 22.4 Å². The minimum Gasteiger partial charge on any atom is -0.481 e. The number of amides is 2. The highest BCUT2D eigenvalue weighted by Crippen LogP contribution is 2.34. The van der Waals surface area contributed by atoms with Crippen molar-refractivity contribution in [2.24, 2.45) is 0 Å². The lowest BCUT2D eigenvalue weighted by Crippen LogP contribution is -2.46. The van der Waals surface area contributed by atoms with Crippen LogP contribution in [-0.2, 0) is 4.79 Å². The fourth-order valence-electron chi connectivity index (χ4n) is 4.00. The van der Waals surface area contributed by atoms with Gasteiger partial charge in [-0.25, -0.2) is 4.79 Å². The van der Waals surface area contributed by atoms with Crippen molar-refractivity contribution in [3.63, 3.8) is 0 Å². The lowest BCUT2D eigenvalue weighted by Gasteiger charge is -2.22. The molecule has 0 saturated heterocycles. The Morgan fingerprint density at radius 3 is 2.49 bits per heavy atom. The van der Waals surface area contributed by atoms with Crippen molar-refractivity contribution >= 4 is 35.5 Å². The number of aliphatic carboxylic acids is 1. The molecular weight excluding hydrogens is 508 g/mol. The summed E-state index contributed by atoms with van der Waals surface area (Å²) in [6, 6.07) is 14.2. The molecule has 1 heterocycles. The van der Waals surface area contributed by atoms with Gasteiger partial charge in [-0.05, 0) is 42.0 Å². The number of thioether (sulfide) groups is 2. The fourth-order valence-corrected chi connectivity index (χ4v) is 6.15. The van der Waals surface area contributed by atoms with Gasteiger partial charge in [-0.1, -0.05) is 63.3 Å². The number of rotatable bonds is 17. The number of carbonyl (C=O) groups excluding carboxylic acids is 1. The molecule has 2 amide bonds. The highest BCUT2D eigenvalue weighted by Gasteiger charge is 2.23. The molecule has 2 aromatic carbocycles. The molecule has 0 unspecified atom stereocenters. The normalized spacial score (nSPS) is 13.6. The van der Waals surface area contributed by atoms with E-state index < -0.39 is 12.0 Å². The second kappa shape index (κ2) is 16.3. The van der Waals surface area contributed by atoms with Crippen molar-refractivity contribution in [3.8, 4) is 11.5 Å². The van der Waals surface area contributed by atoms with Gasteiger partial charge < -0.3 is 25.2 Å². The van der Waals surface area contributed by atoms with Gasteiger partial charge in [0.2, 0.25) is 6.79 Å². The molecule has 0 fully saturated rings. The molecule has 1 aliphatic rings. The first-order valence-electron chi connectivity index (χ1n) is 13.0. The molecular formula is C28H38N2O5S2. The van der Waals surface area contributed by atoms with Gasteiger partial charge in [0.15, 0.2) is 11.5 Å². The minimum atomic E-state index is -0.992. The van der Waals surface area contributed by atoms with Gasteiger partial charge in [-0.15, -0.1) is 11.8 Å². The standard InChI is InChI=1S/C28H38N2O5S2/c1-2-3-4-5-6-10-15-36-18-22(19-37-23-11-8-7-9-12-23)29-28(33)30-24(17-27(31)32)21-13-14-25-26(16-21)35-20-34-25/h7-9,11-14,16,22,24H,2-6,10,15,17-20H2,1H3,(H,31,32)(H2,29,30,33)/t22-,24-/m0/s1. The van der Waals surface area contributed by atoms with Crippen molar-refractivity contribution < 1.29 is 24.2 Å². The number of nitrogens with one attached hydrogen (secondary N) is 2. The Labute approximate surface area is 228 Å². The molecule has 0 radical (unpaired) electrons. The molecule has 7 nitrogen and oxygen atoms in total. The Morgan fingerprint density at radius 2 is 1.70 bits per heavy atom. The predicted octanol–water partition coefficient (Wildman–Crippen LogP) is 6.48. The third kappa shape index (κ3) is 10.8. The van der Waals surface area contributed by atoms with Crippen molar-refractivity contribution in [3.05, 3.63) is 54.1 Å². The van der Waals surface area contributed by atoms with E-state index in [9.17, 15) is 14.7 Å². The van der Waals surface area contributed by atoms with Gasteiger partial charge in [-0.3, -0.25) is 4.79 Å². The second-order valence-corrected chi connectivity index (χ2v) is 11.3. The highest BCUT2D eigenvalue weighted by atomic mass is 32.2. The summed E-state index contributed by atoms with van der Waals surface area (Å²) in [7, 11) is 0. The number of carbonyl (C=O) groups is 2. The Hall–Kier alpha value is -2.52. The Balaban J connectivity index is 1.55. The summed E-state index contributed by atoms with van der Waals surface area (Å²) in [6.07, 6.45) is 7.35. The summed E-state index contributed by atoms with van der Waals surface area (Å²) >= 11 is 3.57. The molecule has 202 valence electrons. The SMILES string of the molecule is CCCCCCCCSC[C@@H](CSc1ccccc1)NC(=O)N[C@@H](CC(=O)O)c1ccc2c(c1)OCO2. The third-order valence-corrected chi connectivity index (χ3v) is 8.36. The molecule has 3 N–H and O–H groups in total. The van der Waals surface area contributed by atoms with Crippen LogP contribution < -0.4 is 20.1 Å². The predicted molar refractivity (Wildman–Crippen MR) is 151 cm³/mol. The van der Waals surface area contributed by atoms with Crippen LogP contribution in [0.3, 0.4) is 0 Å². The van der Waals surface area contributed by atoms with Crippen molar-refractivity contribution in [1.82, 2.24) is 10.6 Å². The van der Waals surface area contributed by atoms with E-state index in [1.165, 1.54) is 38.5 Å². The lowest BCUT2D eigenvalue weighted by molar-refractivity contribution is -0.137. The maximum atomic E-state index is 13.0. The number of benzene rings is 2. The molecule has 0 saturated carbocycles. The van der Waals surface area contributed by atoms with E-state index in [0.717, 1.165) is 22.2 Å². The zero-order valence-electron chi connectivity index (χ0n) is 21.4. The smallest absolute Gasteiger partial charge is 0.315 e. The summed E-state index contributed by atoms with van der Waals surface area (Å²) in [4.78, 5) is 25.7. The molecule has 3 rings (SSSR count). The van der Waals surface area contributed by atoms with Gasteiger partial charge in [0.25, 0.3) is 0 Å². The van der Waals surface area contributed by atoms with Crippen LogP contribution in [0.4, 0.5) is 4.79 Å². The van der Waals surface area contributed by atoms with Gasteiger partial charge in [0.1, 0.15) is 0 Å². The molecule has 0 aromatic heterocycles. The topological polar surface area (TPSA) is 96.9 Å². The third-order valence-electron chi connectivity index (χ3n) is 5.97. The number of fused-ring (bicyclic) bond motifs is 1. The number of hydrogen-bond acceptors (Lipinski definition) is 6. The Kier molecular flexibility index (Phi) is 12.8. The van der Waals surface area contributed by atoms with Crippen LogP contribution in [0.1, 0.15) is 63.5 Å². The lowest BCUT2D eigenvalue weighted by atomic mass is 10.0. The fraction of sp³-hybridized carbons (Fsp3) is 0.500. The molecule has 37 heavy (non-hydrogen) atoms. The second-order valence-electron chi connectivity index (χ2n) is 9.04. The largest absolute Gasteiger partial charge is 0.481 e. The van der Waals surface area contributed by atoms with Crippen LogP contribution in [0.15, 0.2) is 53.4 Å². The van der Waals surface area contributed by atoms with Crippen molar-refractivity contribution in [2.75, 3.05) is 24.1 Å². The number of carboxylic acids is 1. The van der Waals surface area contributed by atoms with Gasteiger partial charge in [0.05, 0.1) is 12.5 Å². The van der Waals surface area contributed by atoms with Crippen molar-refractivity contribution in [1.29, 1.82) is 0 Å². The van der Waals surface area contributed by atoms with Crippen LogP contribution >= 0.6 is 23.5 Å². The molecule has 2 aromatic rings. The van der Waals surface area contributed by atoms with E-state index in [-0.39, 0.29) is 25.3 Å². The van der Waals surface area contributed by atoms with E-state index in [1.54, 1.807) is 30.0 Å². The molecule has 2 atom stereocenters. The summed E-state index contributed by atoms with van der Waals surface area (Å²) in [5, 5.41) is 15.4. The van der Waals surface area contributed by atoms with Crippen LogP contribution in [-0.4, -0.2) is 47.2 Å². The van der Waals surface area contributed by atoms with E-state index >= 15 is 0 Å². The van der Waals surface area contributed by atoms with Crippen molar-refractivity contribution in [2.45, 2.75) is 68.8 Å². The van der Waals surface area contributed by atoms with Crippen LogP contribution in [0.2, 0.25) is 0 Å². The first-order valence-corrected chi connectivity index (χ1v) is 15.1. The number of urea groups is 1. The number of ether oxygens (including phenoxy) is 2. The van der Waals surface area contributed by atoms with Crippen LogP contribution in [0.25, 0.3) is 0 Å². The summed E-state index contributed by atoms with van der Waals surface area (Å²) in [6.45, 7) is 2.36. The summed E-state index contributed by atoms with van der Waals surface area (Å²) in [5.74, 6) is 2.78. The first-order chi connectivity index (χ1) is 18.0. The molecule has 0 bridgehead atoms. The zero-order chi connectivity index (χ0) is 26.3. The first kappa shape index (κ1) is 29.0. The Bertz CT molecular complexity index is 976. The van der Waals surface area contributed by atoms with Gasteiger partial charge in [-0.2, -0.15) is 11.8 Å². The van der Waals surface area contributed by atoms with E-state index in [1.807, 2.05) is 30.0 Å². The summed E-state index contributed by atoms with van der Waals surface area (Å²) in [5.41, 5.74) is 0.662. The monoisotopic (exact) mass is 546 g/mol. The molecule has 0 aliphatic carbocycles. The van der Waals surface area contributed by atoms with E-state index in [2.05, 4.69) is 29.7 Å². The number of unbranched alkanes of at least 4 members (excludes halogenated alkanes) is 5. The average molecular weight is 547 g/mol. The highest BCUT2D eigenvalue weighted by molar-refractivity contribution is 8.00. The molecule has 0 spiro atoms. The summed E-state index contributed by atoms with van der Waals surface area (Å²) < 4.78 is 10.8. The molecule has 1 aliphatic heterocycles. The zero-order valence-corrected chi connectivity index (χ0v) is 23.1. The number of hydrogen-bond donors (Lipinski definition) is 3. The maximum Gasteiger partial charge on any atom is 0.315 e. The minimum absolute atomic E-state index is 0.0578. The maximum absolute atomic E-state index is 13.0. The van der Waals surface area contributed by atoms with E-state index in [0.29, 0.717) is 17.1 Å². The average Bonchev–Trinajstić information content (AvgIpc) is 3.36. The van der Waals surface area contributed by atoms with Gasteiger partial charge >= 0.3 is 12.0 Å². The quantitative estimate of drug-likeness (QED) is 0.154. The Morgan fingerprint density at radius 1 is 0.946 bits per heavy atom. The van der Waals surface area contributed by atoms with Crippen LogP contribution in [0, 0.1) is 0 Å². The molecule has 9 heteroatoms. The van der Waals surface area contributed by atoms with E-state index in [4.69, 9.17) is 9.47 Å². The number of carboxylic acid groups (broad SMARTS) is 1.